The molecule has 0 radical (unpaired) electrons. The van der Waals surface area contributed by atoms with E-state index in [9.17, 15) is 5.26 Å². The Hall–Kier alpha value is -9.61. The van der Waals surface area contributed by atoms with Gasteiger partial charge in [-0.1, -0.05) is 218 Å². The summed E-state index contributed by atoms with van der Waals surface area (Å²) in [5.74, 6) is 0. The Kier molecular flexibility index (Phi) is 7.33. The smallest absolute Gasteiger partial charge is 0.0998 e. The quantitative estimate of drug-likeness (QED) is 0.128. The molecule has 1 heteroatoms. The van der Waals surface area contributed by atoms with Crippen molar-refractivity contribution in [3.63, 3.8) is 0 Å². The van der Waals surface area contributed by atoms with Gasteiger partial charge in [0.1, 0.15) is 0 Å². The standard InChI is InChI=1S/C71H37N/c72-38-43-28-29-52-61-44(43)26-15-27-51(61)68-59(41-20-9-3-10-21-41)70-55-36-32-49-47-30-34-53-64-54(67-58(40-18-7-2-8-19-40)46-25-14-13-24-45(46)57(66(53)67)39-16-5-1-6-17-39)35-31-48(62(47)64)50-33-37-56(65(55)63(49)50)71(70)60(69(52)68)42-22-11-4-12-23-42/h1-37H. The number of hydrogen-bond acceptors (Lipinski definition) is 1. The second kappa shape index (κ2) is 13.8. The lowest BCUT2D eigenvalue weighted by atomic mass is 9.82. The average molecular weight is 904 g/mol. The van der Waals surface area contributed by atoms with Crippen molar-refractivity contribution in [3.05, 3.63) is 230 Å². The normalized spacial score (nSPS) is 12.4. The van der Waals surface area contributed by atoms with Crippen LogP contribution in [-0.2, 0) is 0 Å². The van der Waals surface area contributed by atoms with Crippen LogP contribution in [0.4, 0.5) is 0 Å². The van der Waals surface area contributed by atoms with Gasteiger partial charge in [0.15, 0.2) is 0 Å². The van der Waals surface area contributed by atoms with Gasteiger partial charge in [-0.05, 0) is 175 Å². The fraction of sp³-hybridized carbons (Fsp3) is 0. The summed E-state index contributed by atoms with van der Waals surface area (Å²) >= 11 is 0. The fourth-order valence-electron chi connectivity index (χ4n) is 14.0. The Morgan fingerprint density at radius 1 is 0.194 bits per heavy atom. The number of hydrogen-bond donors (Lipinski definition) is 0. The summed E-state index contributed by atoms with van der Waals surface area (Å²) in [6.45, 7) is 0. The molecule has 16 aromatic rings. The third kappa shape index (κ3) is 4.63. The molecule has 1 nitrogen and oxygen atoms in total. The molecule has 0 unspecified atom stereocenters. The molecule has 0 fully saturated rings. The van der Waals surface area contributed by atoms with Crippen molar-refractivity contribution in [3.8, 4) is 72.8 Å². The maximum atomic E-state index is 10.4. The molecule has 0 atom stereocenters. The van der Waals surface area contributed by atoms with Crippen LogP contribution in [0, 0.1) is 11.3 Å². The number of fused-ring (bicyclic) bond motifs is 12. The van der Waals surface area contributed by atoms with Gasteiger partial charge in [0, 0.05) is 5.39 Å². The summed E-state index contributed by atoms with van der Waals surface area (Å²) in [6, 6.07) is 86.0. The lowest BCUT2D eigenvalue weighted by Gasteiger charge is -2.20. The molecular weight excluding hydrogens is 867 g/mol. The van der Waals surface area contributed by atoms with Crippen LogP contribution in [0.25, 0.3) is 174 Å². The Bertz CT molecular complexity index is 4780. The van der Waals surface area contributed by atoms with Crippen molar-refractivity contribution in [1.82, 2.24) is 0 Å². The van der Waals surface area contributed by atoms with E-state index in [-0.39, 0.29) is 0 Å². The molecule has 0 N–H and O–H groups in total. The molecule has 0 saturated heterocycles. The van der Waals surface area contributed by atoms with Gasteiger partial charge in [0.25, 0.3) is 0 Å². The first-order valence-electron chi connectivity index (χ1n) is 25.0. The predicted octanol–water partition coefficient (Wildman–Crippen LogP) is 19.7. The zero-order chi connectivity index (χ0) is 46.9. The van der Waals surface area contributed by atoms with Gasteiger partial charge in [-0.3, -0.25) is 0 Å². The zero-order valence-corrected chi connectivity index (χ0v) is 38.8. The van der Waals surface area contributed by atoms with E-state index in [1.165, 1.54) is 164 Å². The van der Waals surface area contributed by atoms with E-state index in [0.717, 1.165) is 10.8 Å². The minimum absolute atomic E-state index is 0.707. The minimum Gasteiger partial charge on any atom is -0.192 e. The van der Waals surface area contributed by atoms with Crippen molar-refractivity contribution in [1.29, 1.82) is 5.26 Å². The van der Waals surface area contributed by atoms with Crippen molar-refractivity contribution >= 4 is 108 Å². The molecule has 0 spiro atoms. The first-order chi connectivity index (χ1) is 35.8. The fourth-order valence-corrected chi connectivity index (χ4v) is 14.0. The second-order valence-corrected chi connectivity index (χ2v) is 19.9. The highest BCUT2D eigenvalue weighted by atomic mass is 14.4. The maximum absolute atomic E-state index is 10.4. The minimum atomic E-state index is 0.707. The van der Waals surface area contributed by atoms with Crippen molar-refractivity contribution < 1.29 is 0 Å². The number of rotatable bonds is 4. The van der Waals surface area contributed by atoms with Crippen molar-refractivity contribution in [2.45, 2.75) is 0 Å². The molecule has 16 aromatic carbocycles. The molecule has 72 heavy (non-hydrogen) atoms. The molecule has 326 valence electrons. The van der Waals surface area contributed by atoms with E-state index in [2.05, 4.69) is 224 Å². The topological polar surface area (TPSA) is 23.8 Å². The molecule has 0 heterocycles. The molecule has 1 aliphatic carbocycles. The lowest BCUT2D eigenvalue weighted by molar-refractivity contribution is 1.51. The van der Waals surface area contributed by atoms with Crippen LogP contribution < -0.4 is 0 Å². The Morgan fingerprint density at radius 3 is 0.972 bits per heavy atom. The van der Waals surface area contributed by atoms with Crippen LogP contribution in [0.5, 0.6) is 0 Å². The number of benzene rings is 14. The molecule has 0 amide bonds. The van der Waals surface area contributed by atoms with Crippen LogP contribution in [0.2, 0.25) is 0 Å². The van der Waals surface area contributed by atoms with Gasteiger partial charge in [-0.2, -0.15) is 5.26 Å². The second-order valence-electron chi connectivity index (χ2n) is 19.9. The number of nitriles is 1. The highest BCUT2D eigenvalue weighted by molar-refractivity contribution is 6.50. The summed E-state index contributed by atoms with van der Waals surface area (Å²) in [4.78, 5) is 0. The molecule has 0 saturated carbocycles. The van der Waals surface area contributed by atoms with Gasteiger partial charge in [0.2, 0.25) is 0 Å². The van der Waals surface area contributed by atoms with Gasteiger partial charge < -0.3 is 0 Å². The summed E-state index contributed by atoms with van der Waals surface area (Å²) in [7, 11) is 0. The van der Waals surface area contributed by atoms with Gasteiger partial charge >= 0.3 is 0 Å². The monoisotopic (exact) mass is 903 g/mol. The van der Waals surface area contributed by atoms with Gasteiger partial charge in [-0.25, -0.2) is 0 Å². The Morgan fingerprint density at radius 2 is 0.514 bits per heavy atom. The average Bonchev–Trinajstić information content (AvgIpc) is 4.09. The van der Waals surface area contributed by atoms with Crippen molar-refractivity contribution in [2.75, 3.05) is 0 Å². The molecule has 0 aliphatic heterocycles. The van der Waals surface area contributed by atoms with E-state index >= 15 is 0 Å². The third-order valence-corrected chi connectivity index (χ3v) is 16.6. The van der Waals surface area contributed by atoms with Gasteiger partial charge in [-0.15, -0.1) is 0 Å². The van der Waals surface area contributed by atoms with E-state index in [1.54, 1.807) is 0 Å². The Balaban J connectivity index is 1.05. The SMILES string of the molecule is N#Cc1ccc2c3c(-c4ccccc4)c4c5ccc6c7ccc8c9c(ccc(c%10ccc(c4c(-c4ccccc4)c3c3cccc1c32)c5c%106)c97)-c1c-8c(-c2ccccc2)c2ccccc2c1-c1ccccc1. The molecule has 17 rings (SSSR count). The highest BCUT2D eigenvalue weighted by Crippen LogP contribution is 2.61. The zero-order valence-electron chi connectivity index (χ0n) is 38.8. The molecular formula is C71H37N. The molecule has 0 aromatic heterocycles. The summed E-state index contributed by atoms with van der Waals surface area (Å²) < 4.78 is 0. The van der Waals surface area contributed by atoms with Crippen LogP contribution in [-0.4, -0.2) is 0 Å². The van der Waals surface area contributed by atoms with E-state index < -0.39 is 0 Å². The largest absolute Gasteiger partial charge is 0.192 e. The van der Waals surface area contributed by atoms with Crippen LogP contribution >= 0.6 is 0 Å². The van der Waals surface area contributed by atoms with E-state index in [4.69, 9.17) is 0 Å². The summed E-state index contributed by atoms with van der Waals surface area (Å²) in [5, 5.41) is 35.6. The number of nitrogens with zero attached hydrogens (tertiary/aromatic N) is 1. The van der Waals surface area contributed by atoms with Crippen LogP contribution in [0.1, 0.15) is 5.56 Å². The Labute approximate surface area is 413 Å². The maximum Gasteiger partial charge on any atom is 0.0998 e. The van der Waals surface area contributed by atoms with E-state index in [1.807, 2.05) is 6.07 Å². The van der Waals surface area contributed by atoms with Crippen LogP contribution in [0.3, 0.4) is 0 Å². The predicted molar refractivity (Wildman–Crippen MR) is 306 cm³/mol. The summed E-state index contributed by atoms with van der Waals surface area (Å²) in [5.41, 5.74) is 15.9. The third-order valence-electron chi connectivity index (χ3n) is 16.6. The highest BCUT2D eigenvalue weighted by Gasteiger charge is 2.34. The first-order valence-corrected chi connectivity index (χ1v) is 25.0. The molecule has 1 aliphatic rings. The lowest BCUT2D eigenvalue weighted by Crippen LogP contribution is -1.93. The summed E-state index contributed by atoms with van der Waals surface area (Å²) in [6.07, 6.45) is 0. The van der Waals surface area contributed by atoms with Crippen molar-refractivity contribution in [2.24, 2.45) is 0 Å². The first kappa shape index (κ1) is 38.3. The molecule has 0 bridgehead atoms. The van der Waals surface area contributed by atoms with Gasteiger partial charge in [0.05, 0.1) is 11.6 Å². The van der Waals surface area contributed by atoms with Crippen LogP contribution in [0.15, 0.2) is 224 Å². The van der Waals surface area contributed by atoms with E-state index in [0.29, 0.717) is 5.56 Å².